The zero-order valence-corrected chi connectivity index (χ0v) is 16.6. The minimum Gasteiger partial charge on any atom is -0.314 e. The van der Waals surface area contributed by atoms with E-state index in [2.05, 4.69) is 36.5 Å². The third kappa shape index (κ3) is 5.11. The molecular weight excluding hydrogens is 326 g/mol. The first-order valence-electron chi connectivity index (χ1n) is 10.5. The van der Waals surface area contributed by atoms with Crippen molar-refractivity contribution in [2.45, 2.75) is 77.0 Å². The molecule has 0 spiro atoms. The lowest BCUT2D eigenvalue weighted by Gasteiger charge is -2.27. The minimum absolute atomic E-state index is 0.680. The van der Waals surface area contributed by atoms with E-state index in [1.165, 1.54) is 80.9 Å². The quantitative estimate of drug-likeness (QED) is 0.541. The van der Waals surface area contributed by atoms with E-state index in [1.807, 2.05) is 0 Å². The topological polar surface area (TPSA) is 12.0 Å². The van der Waals surface area contributed by atoms with E-state index in [0.29, 0.717) is 11.8 Å². The van der Waals surface area contributed by atoms with Gasteiger partial charge in [0.05, 0.1) is 0 Å². The van der Waals surface area contributed by atoms with Crippen molar-refractivity contribution in [2.24, 2.45) is 5.92 Å². The standard InChI is InChI=1S/C23H34ClN/c1-2-25-16-15-21(18-9-5-3-6-10-18)20-13-14-22(23(24)17-20)19-11-7-4-8-12-19/h13-15,17-19,25H,2-12,16H2,1H3. The van der Waals surface area contributed by atoms with Crippen LogP contribution in [0.15, 0.2) is 24.3 Å². The summed E-state index contributed by atoms with van der Waals surface area (Å²) in [5.41, 5.74) is 4.27. The van der Waals surface area contributed by atoms with Crippen molar-refractivity contribution in [3.8, 4) is 0 Å². The zero-order valence-electron chi connectivity index (χ0n) is 15.8. The van der Waals surface area contributed by atoms with Crippen molar-refractivity contribution in [2.75, 3.05) is 13.1 Å². The van der Waals surface area contributed by atoms with Gasteiger partial charge in [0.15, 0.2) is 0 Å². The van der Waals surface area contributed by atoms with E-state index in [0.717, 1.165) is 18.1 Å². The molecule has 1 aromatic carbocycles. The first-order chi connectivity index (χ1) is 12.3. The Labute approximate surface area is 159 Å². The predicted octanol–water partition coefficient (Wildman–Crippen LogP) is 6.96. The van der Waals surface area contributed by atoms with Gasteiger partial charge >= 0.3 is 0 Å². The molecule has 0 aliphatic heterocycles. The van der Waals surface area contributed by atoms with Crippen LogP contribution in [0.3, 0.4) is 0 Å². The number of allylic oxidation sites excluding steroid dienone is 1. The summed E-state index contributed by atoms with van der Waals surface area (Å²) >= 11 is 6.76. The van der Waals surface area contributed by atoms with Crippen molar-refractivity contribution < 1.29 is 0 Å². The van der Waals surface area contributed by atoms with E-state index < -0.39 is 0 Å². The highest BCUT2D eigenvalue weighted by molar-refractivity contribution is 6.31. The average Bonchev–Trinajstić information content (AvgIpc) is 2.67. The summed E-state index contributed by atoms with van der Waals surface area (Å²) < 4.78 is 0. The van der Waals surface area contributed by atoms with Crippen molar-refractivity contribution >= 4 is 17.2 Å². The fourth-order valence-electron chi connectivity index (χ4n) is 4.71. The Morgan fingerprint density at radius 1 is 1.04 bits per heavy atom. The van der Waals surface area contributed by atoms with Gasteiger partial charge in [-0.1, -0.05) is 75.3 Å². The molecule has 0 heterocycles. The second kappa shape index (κ2) is 9.78. The van der Waals surface area contributed by atoms with Gasteiger partial charge in [-0.25, -0.2) is 0 Å². The maximum atomic E-state index is 6.76. The molecule has 0 unspecified atom stereocenters. The monoisotopic (exact) mass is 359 g/mol. The molecule has 2 saturated carbocycles. The Balaban J connectivity index is 1.81. The van der Waals surface area contributed by atoms with Crippen LogP contribution in [0.25, 0.3) is 5.57 Å². The molecule has 0 aromatic heterocycles. The molecular formula is C23H34ClN. The largest absolute Gasteiger partial charge is 0.314 e. The van der Waals surface area contributed by atoms with Crippen LogP contribution in [-0.2, 0) is 0 Å². The van der Waals surface area contributed by atoms with Gasteiger partial charge in [-0.3, -0.25) is 0 Å². The Morgan fingerprint density at radius 3 is 2.36 bits per heavy atom. The second-order valence-electron chi connectivity index (χ2n) is 7.87. The molecule has 3 rings (SSSR count). The molecule has 1 nitrogen and oxygen atoms in total. The van der Waals surface area contributed by atoms with Crippen molar-refractivity contribution in [1.82, 2.24) is 5.32 Å². The first-order valence-corrected chi connectivity index (χ1v) is 10.9. The summed E-state index contributed by atoms with van der Waals surface area (Å²) in [6.07, 6.45) is 16.0. The third-order valence-electron chi connectivity index (χ3n) is 6.14. The van der Waals surface area contributed by atoms with Gasteiger partial charge in [0.25, 0.3) is 0 Å². The Morgan fingerprint density at radius 2 is 1.72 bits per heavy atom. The number of halogens is 1. The summed E-state index contributed by atoms with van der Waals surface area (Å²) in [5, 5.41) is 4.45. The molecule has 0 saturated heterocycles. The van der Waals surface area contributed by atoms with Gasteiger partial charge in [0.2, 0.25) is 0 Å². The average molecular weight is 360 g/mol. The number of rotatable bonds is 6. The number of hydrogen-bond donors (Lipinski definition) is 1. The molecule has 0 bridgehead atoms. The Kier molecular flexibility index (Phi) is 7.43. The van der Waals surface area contributed by atoms with Crippen LogP contribution in [0, 0.1) is 5.92 Å². The summed E-state index contributed by atoms with van der Waals surface area (Å²) in [6, 6.07) is 6.94. The zero-order chi connectivity index (χ0) is 17.5. The van der Waals surface area contributed by atoms with Gasteiger partial charge in [-0.05, 0) is 66.8 Å². The summed E-state index contributed by atoms with van der Waals surface area (Å²) in [6.45, 7) is 4.16. The summed E-state index contributed by atoms with van der Waals surface area (Å²) in [4.78, 5) is 0. The Hall–Kier alpha value is -0.790. The molecule has 2 aliphatic rings. The molecule has 0 amide bonds. The van der Waals surface area contributed by atoms with Crippen molar-refractivity contribution in [1.29, 1.82) is 0 Å². The van der Waals surface area contributed by atoms with Crippen LogP contribution in [0.2, 0.25) is 5.02 Å². The molecule has 0 radical (unpaired) electrons. The van der Waals surface area contributed by atoms with Crippen LogP contribution >= 0.6 is 11.6 Å². The van der Waals surface area contributed by atoms with Crippen LogP contribution in [0.5, 0.6) is 0 Å². The fraction of sp³-hybridized carbons (Fsp3) is 0.652. The van der Waals surface area contributed by atoms with Crippen molar-refractivity contribution in [3.05, 3.63) is 40.4 Å². The lowest BCUT2D eigenvalue weighted by atomic mass is 9.79. The van der Waals surface area contributed by atoms with E-state index in [1.54, 1.807) is 0 Å². The maximum Gasteiger partial charge on any atom is 0.0446 e. The van der Waals surface area contributed by atoms with Crippen LogP contribution in [0.1, 0.15) is 88.2 Å². The Bertz CT molecular complexity index is 565. The molecule has 1 aromatic rings. The molecule has 25 heavy (non-hydrogen) atoms. The normalized spacial score (nSPS) is 20.8. The van der Waals surface area contributed by atoms with Gasteiger partial charge in [0, 0.05) is 11.6 Å². The number of nitrogens with one attached hydrogen (secondary N) is 1. The van der Waals surface area contributed by atoms with Crippen molar-refractivity contribution in [3.63, 3.8) is 0 Å². The van der Waals surface area contributed by atoms with E-state index in [-0.39, 0.29) is 0 Å². The number of benzene rings is 1. The highest BCUT2D eigenvalue weighted by atomic mass is 35.5. The van der Waals surface area contributed by atoms with Gasteiger partial charge in [0.1, 0.15) is 0 Å². The minimum atomic E-state index is 0.680. The van der Waals surface area contributed by atoms with E-state index in [4.69, 9.17) is 11.6 Å². The number of hydrogen-bond acceptors (Lipinski definition) is 1. The lowest BCUT2D eigenvalue weighted by molar-refractivity contribution is 0.429. The summed E-state index contributed by atoms with van der Waals surface area (Å²) in [7, 11) is 0. The van der Waals surface area contributed by atoms with Gasteiger partial charge < -0.3 is 5.32 Å². The highest BCUT2D eigenvalue weighted by Crippen LogP contribution is 2.40. The molecule has 2 heteroatoms. The van der Waals surface area contributed by atoms with Crippen LogP contribution < -0.4 is 5.32 Å². The van der Waals surface area contributed by atoms with Gasteiger partial charge in [-0.15, -0.1) is 0 Å². The van der Waals surface area contributed by atoms with E-state index in [9.17, 15) is 0 Å². The highest BCUT2D eigenvalue weighted by Gasteiger charge is 2.22. The third-order valence-corrected chi connectivity index (χ3v) is 6.47. The van der Waals surface area contributed by atoms with Crippen LogP contribution in [0.4, 0.5) is 0 Å². The molecule has 2 aliphatic carbocycles. The maximum absolute atomic E-state index is 6.76. The predicted molar refractivity (Wildman–Crippen MR) is 110 cm³/mol. The molecule has 138 valence electrons. The lowest BCUT2D eigenvalue weighted by Crippen LogP contribution is -2.15. The summed E-state index contributed by atoms with van der Waals surface area (Å²) in [5.74, 6) is 1.39. The van der Waals surface area contributed by atoms with E-state index >= 15 is 0 Å². The smallest absolute Gasteiger partial charge is 0.0446 e. The SMILES string of the molecule is CCNCC=C(c1ccc(C2CCCCC2)c(Cl)c1)C1CCCCC1. The first kappa shape index (κ1) is 19.0. The van der Waals surface area contributed by atoms with Crippen LogP contribution in [-0.4, -0.2) is 13.1 Å². The number of likely N-dealkylation sites (N-methyl/N-ethyl adjacent to an activating group) is 1. The molecule has 1 N–H and O–H groups in total. The molecule has 2 fully saturated rings. The van der Waals surface area contributed by atoms with Gasteiger partial charge in [-0.2, -0.15) is 0 Å². The fourth-order valence-corrected chi connectivity index (χ4v) is 5.05. The second-order valence-corrected chi connectivity index (χ2v) is 8.28. The molecule has 0 atom stereocenters.